The van der Waals surface area contributed by atoms with Gasteiger partial charge in [-0.1, -0.05) is 13.3 Å². The molecule has 3 nitrogen and oxygen atoms in total. The summed E-state index contributed by atoms with van der Waals surface area (Å²) in [6.45, 7) is 6.09. The van der Waals surface area contributed by atoms with Gasteiger partial charge in [0, 0.05) is 5.97 Å². The number of carbonyl (C=O) groups excluding carboxylic acids is 1. The molecule has 0 aliphatic carbocycles. The maximum absolute atomic E-state index is 8.89. The summed E-state index contributed by atoms with van der Waals surface area (Å²) in [5, 5.41) is 8.89. The lowest BCUT2D eigenvalue weighted by molar-refractivity contribution is -0.886. The van der Waals surface area contributed by atoms with Crippen molar-refractivity contribution < 1.29 is 14.8 Å². The minimum Gasteiger partial charge on any atom is -0.550 e. The minimum absolute atomic E-state index is 0.972. The second kappa shape index (κ2) is 6.89. The standard InChI is InChI=1S/C8H17N.C2H4O2/c1-3-8-4-6-9(2)7-5-8;1-2(3)4/h8H,3-7H2,1-2H3;1H3,(H,3,4). The van der Waals surface area contributed by atoms with Crippen LogP contribution in [0.3, 0.4) is 0 Å². The molecule has 0 atom stereocenters. The van der Waals surface area contributed by atoms with E-state index in [9.17, 15) is 0 Å². The summed E-state index contributed by atoms with van der Waals surface area (Å²) in [6, 6.07) is 0. The quantitative estimate of drug-likeness (QED) is 0.577. The molecule has 1 N–H and O–H groups in total. The first-order valence-corrected chi connectivity index (χ1v) is 5.05. The topological polar surface area (TPSA) is 44.6 Å². The third-order valence-corrected chi connectivity index (χ3v) is 2.54. The van der Waals surface area contributed by atoms with Crippen molar-refractivity contribution in [3.63, 3.8) is 0 Å². The molecule has 0 radical (unpaired) electrons. The summed E-state index contributed by atoms with van der Waals surface area (Å²) in [7, 11) is 2.30. The first-order chi connectivity index (χ1) is 6.06. The number of hydrogen-bond donors (Lipinski definition) is 1. The molecule has 0 bridgehead atoms. The zero-order chi connectivity index (χ0) is 10.3. The Morgan fingerprint density at radius 2 is 1.85 bits per heavy atom. The lowest BCUT2D eigenvalue weighted by Crippen LogP contribution is -3.10. The van der Waals surface area contributed by atoms with E-state index in [1.165, 1.54) is 32.4 Å². The van der Waals surface area contributed by atoms with Gasteiger partial charge < -0.3 is 14.8 Å². The third kappa shape index (κ3) is 7.78. The molecule has 0 aromatic rings. The molecule has 13 heavy (non-hydrogen) atoms. The van der Waals surface area contributed by atoms with Gasteiger partial charge in [0.1, 0.15) is 0 Å². The molecule has 1 heterocycles. The first kappa shape index (κ1) is 12.4. The van der Waals surface area contributed by atoms with Crippen LogP contribution in [0.15, 0.2) is 0 Å². The van der Waals surface area contributed by atoms with Crippen molar-refractivity contribution in [1.82, 2.24) is 0 Å². The van der Waals surface area contributed by atoms with Crippen LogP contribution in [0, 0.1) is 5.92 Å². The minimum atomic E-state index is -1.08. The van der Waals surface area contributed by atoms with Crippen LogP contribution >= 0.6 is 0 Å². The van der Waals surface area contributed by atoms with E-state index < -0.39 is 5.97 Å². The van der Waals surface area contributed by atoms with Crippen molar-refractivity contribution in [2.75, 3.05) is 20.1 Å². The molecule has 0 saturated carbocycles. The van der Waals surface area contributed by atoms with Crippen molar-refractivity contribution in [2.45, 2.75) is 33.1 Å². The van der Waals surface area contributed by atoms with Crippen molar-refractivity contribution in [3.05, 3.63) is 0 Å². The maximum Gasteiger partial charge on any atom is 0.0771 e. The van der Waals surface area contributed by atoms with Crippen molar-refractivity contribution in [3.8, 4) is 0 Å². The Hall–Kier alpha value is -0.570. The molecule has 1 rings (SSSR count). The molecular weight excluding hydrogens is 166 g/mol. The molecule has 1 saturated heterocycles. The molecule has 78 valence electrons. The number of aliphatic carboxylic acids is 1. The highest BCUT2D eigenvalue weighted by Gasteiger charge is 2.16. The van der Waals surface area contributed by atoms with Crippen LogP contribution in [0.1, 0.15) is 33.1 Å². The van der Waals surface area contributed by atoms with Crippen LogP contribution < -0.4 is 10.0 Å². The molecule has 0 unspecified atom stereocenters. The van der Waals surface area contributed by atoms with E-state index in [-0.39, 0.29) is 0 Å². The van der Waals surface area contributed by atoms with E-state index in [4.69, 9.17) is 9.90 Å². The van der Waals surface area contributed by atoms with Crippen LogP contribution in [0.25, 0.3) is 0 Å². The average Bonchev–Trinajstić information content (AvgIpc) is 2.05. The van der Waals surface area contributed by atoms with Crippen LogP contribution in [-0.2, 0) is 4.79 Å². The largest absolute Gasteiger partial charge is 0.550 e. The van der Waals surface area contributed by atoms with Crippen LogP contribution in [-0.4, -0.2) is 26.1 Å². The van der Waals surface area contributed by atoms with E-state index in [1.54, 1.807) is 4.90 Å². The van der Waals surface area contributed by atoms with E-state index in [1.807, 2.05) is 0 Å². The number of quaternary nitrogens is 1. The summed E-state index contributed by atoms with van der Waals surface area (Å²) < 4.78 is 0. The summed E-state index contributed by atoms with van der Waals surface area (Å²) in [5.74, 6) is -0.0336. The van der Waals surface area contributed by atoms with Gasteiger partial charge in [0.15, 0.2) is 0 Å². The molecule has 0 aromatic heterocycles. The smallest absolute Gasteiger partial charge is 0.0771 e. The number of carboxylic acid groups (broad SMARTS) is 1. The van der Waals surface area contributed by atoms with Gasteiger partial charge in [0.05, 0.1) is 20.1 Å². The number of carbonyl (C=O) groups is 1. The lowest BCUT2D eigenvalue weighted by atomic mass is 9.95. The predicted molar refractivity (Wildman–Crippen MR) is 50.3 cm³/mol. The SMILES string of the molecule is CC(=O)[O-].CCC1CC[NH+](C)CC1. The van der Waals surface area contributed by atoms with Gasteiger partial charge >= 0.3 is 0 Å². The maximum atomic E-state index is 8.89. The molecule has 3 heteroatoms. The molecule has 1 aliphatic heterocycles. The highest BCUT2D eigenvalue weighted by Crippen LogP contribution is 2.12. The number of hydrogen-bond acceptors (Lipinski definition) is 2. The summed E-state index contributed by atoms with van der Waals surface area (Å²) in [4.78, 5) is 10.6. The second-order valence-corrected chi connectivity index (χ2v) is 3.80. The van der Waals surface area contributed by atoms with Gasteiger partial charge in [-0.05, 0) is 25.7 Å². The average molecular weight is 187 g/mol. The summed E-state index contributed by atoms with van der Waals surface area (Å²) in [5.41, 5.74) is 0. The highest BCUT2D eigenvalue weighted by atomic mass is 16.4. The fourth-order valence-corrected chi connectivity index (χ4v) is 1.58. The number of likely N-dealkylation sites (tertiary alicyclic amines) is 1. The molecule has 0 aromatic carbocycles. The number of carboxylic acids is 1. The van der Waals surface area contributed by atoms with Crippen LogP contribution in [0.2, 0.25) is 0 Å². The molecule has 0 amide bonds. The van der Waals surface area contributed by atoms with Crippen molar-refractivity contribution in [1.29, 1.82) is 0 Å². The van der Waals surface area contributed by atoms with Crippen molar-refractivity contribution in [2.24, 2.45) is 5.92 Å². The Balaban J connectivity index is 0.000000310. The Morgan fingerprint density at radius 1 is 1.46 bits per heavy atom. The zero-order valence-corrected chi connectivity index (χ0v) is 8.93. The molecule has 1 fully saturated rings. The summed E-state index contributed by atoms with van der Waals surface area (Å²) >= 11 is 0. The van der Waals surface area contributed by atoms with Gasteiger partial charge in [0.2, 0.25) is 0 Å². The van der Waals surface area contributed by atoms with Gasteiger partial charge in [-0.3, -0.25) is 0 Å². The molecule has 1 aliphatic rings. The zero-order valence-electron chi connectivity index (χ0n) is 8.93. The molecule has 0 spiro atoms. The van der Waals surface area contributed by atoms with Gasteiger partial charge in [-0.2, -0.15) is 0 Å². The number of nitrogens with one attached hydrogen (secondary N) is 1. The third-order valence-electron chi connectivity index (χ3n) is 2.54. The Kier molecular flexibility index (Phi) is 6.59. The summed E-state index contributed by atoms with van der Waals surface area (Å²) in [6.07, 6.45) is 4.32. The van der Waals surface area contributed by atoms with Gasteiger partial charge in [0.25, 0.3) is 0 Å². The monoisotopic (exact) mass is 187 g/mol. The first-order valence-electron chi connectivity index (χ1n) is 5.05. The second-order valence-electron chi connectivity index (χ2n) is 3.80. The Morgan fingerprint density at radius 3 is 2.15 bits per heavy atom. The van der Waals surface area contributed by atoms with Crippen molar-refractivity contribution >= 4 is 5.97 Å². The van der Waals surface area contributed by atoms with E-state index in [0.717, 1.165) is 12.8 Å². The fraction of sp³-hybridized carbons (Fsp3) is 0.900. The van der Waals surface area contributed by atoms with Crippen LogP contribution in [0.4, 0.5) is 0 Å². The van der Waals surface area contributed by atoms with Crippen LogP contribution in [0.5, 0.6) is 0 Å². The fourth-order valence-electron chi connectivity index (χ4n) is 1.58. The lowest BCUT2D eigenvalue weighted by Gasteiger charge is -2.25. The van der Waals surface area contributed by atoms with E-state index in [0.29, 0.717) is 0 Å². The van der Waals surface area contributed by atoms with E-state index in [2.05, 4.69) is 14.0 Å². The number of rotatable bonds is 1. The predicted octanol–water partition coefficient (Wildman–Crippen LogP) is -0.923. The van der Waals surface area contributed by atoms with E-state index >= 15 is 0 Å². The van der Waals surface area contributed by atoms with Gasteiger partial charge in [-0.25, -0.2) is 0 Å². The molecular formula is C10H21NO2. The number of piperidine rings is 1. The normalized spacial score (nSPS) is 27.3. The Bertz CT molecular complexity index is 136. The Labute approximate surface area is 80.7 Å². The van der Waals surface area contributed by atoms with Gasteiger partial charge in [-0.15, -0.1) is 0 Å². The highest BCUT2D eigenvalue weighted by molar-refractivity contribution is 5.60.